The summed E-state index contributed by atoms with van der Waals surface area (Å²) < 4.78 is 36.9. The summed E-state index contributed by atoms with van der Waals surface area (Å²) in [5.41, 5.74) is 0. The minimum atomic E-state index is -3.51. The first kappa shape index (κ1) is 16.9. The lowest BCUT2D eigenvalue weighted by atomic mass is 10.3. The van der Waals surface area contributed by atoms with Crippen LogP contribution in [-0.2, 0) is 14.8 Å². The van der Waals surface area contributed by atoms with Gasteiger partial charge in [0.1, 0.15) is 12.4 Å². The molecular formula is C13H22N2O4S. The molecule has 0 aromatic heterocycles. The number of ether oxygens (including phenoxy) is 2. The number of nitrogens with one attached hydrogen (secondary N) is 2. The highest BCUT2D eigenvalue weighted by Crippen LogP contribution is 2.15. The standard InChI is InChI=1S/C13H22N2O4S/c1-11(18-3)10-15-20(16,17)13-6-4-12(5-7-13)19-9-8-14-2/h4-7,11,14-15H,8-10H2,1-3H3. The van der Waals surface area contributed by atoms with Gasteiger partial charge in [-0.2, -0.15) is 0 Å². The van der Waals surface area contributed by atoms with Crippen molar-refractivity contribution in [1.29, 1.82) is 0 Å². The van der Waals surface area contributed by atoms with Crippen LogP contribution in [-0.4, -0.2) is 48.4 Å². The Morgan fingerprint density at radius 1 is 1.25 bits per heavy atom. The van der Waals surface area contributed by atoms with Gasteiger partial charge >= 0.3 is 0 Å². The van der Waals surface area contributed by atoms with Gasteiger partial charge in [-0.05, 0) is 38.2 Å². The van der Waals surface area contributed by atoms with Crippen molar-refractivity contribution in [2.24, 2.45) is 0 Å². The quantitative estimate of drug-likeness (QED) is 0.653. The van der Waals surface area contributed by atoms with Gasteiger partial charge in [-0.15, -0.1) is 0 Å². The summed E-state index contributed by atoms with van der Waals surface area (Å²) in [5.74, 6) is 0.643. The zero-order chi connectivity index (χ0) is 15.0. The molecule has 0 amide bonds. The van der Waals surface area contributed by atoms with Crippen LogP contribution in [0.3, 0.4) is 0 Å². The number of methoxy groups -OCH3 is 1. The van der Waals surface area contributed by atoms with Crippen LogP contribution in [0, 0.1) is 0 Å². The normalized spacial score (nSPS) is 13.2. The molecule has 1 atom stereocenters. The molecule has 0 radical (unpaired) electrons. The lowest BCUT2D eigenvalue weighted by Crippen LogP contribution is -2.31. The van der Waals surface area contributed by atoms with E-state index in [-0.39, 0.29) is 17.5 Å². The fraction of sp³-hybridized carbons (Fsp3) is 0.538. The highest BCUT2D eigenvalue weighted by Gasteiger charge is 2.14. The van der Waals surface area contributed by atoms with Crippen molar-refractivity contribution in [3.8, 4) is 5.75 Å². The van der Waals surface area contributed by atoms with Crippen LogP contribution >= 0.6 is 0 Å². The second-order valence-electron chi connectivity index (χ2n) is 4.32. The van der Waals surface area contributed by atoms with Gasteiger partial charge in [0.25, 0.3) is 0 Å². The van der Waals surface area contributed by atoms with E-state index in [9.17, 15) is 8.42 Å². The van der Waals surface area contributed by atoms with Crippen molar-refractivity contribution in [3.63, 3.8) is 0 Å². The predicted molar refractivity (Wildman–Crippen MR) is 77.5 cm³/mol. The maximum Gasteiger partial charge on any atom is 0.240 e. The van der Waals surface area contributed by atoms with E-state index < -0.39 is 10.0 Å². The Bertz CT molecular complexity index is 488. The molecule has 2 N–H and O–H groups in total. The summed E-state index contributed by atoms with van der Waals surface area (Å²) in [6.07, 6.45) is -0.172. The highest BCUT2D eigenvalue weighted by molar-refractivity contribution is 7.89. The fourth-order valence-corrected chi connectivity index (χ4v) is 2.49. The second-order valence-corrected chi connectivity index (χ2v) is 6.09. The van der Waals surface area contributed by atoms with Crippen molar-refractivity contribution >= 4 is 10.0 Å². The van der Waals surface area contributed by atoms with Gasteiger partial charge in [0.2, 0.25) is 10.0 Å². The van der Waals surface area contributed by atoms with Crippen LogP contribution in [0.4, 0.5) is 0 Å². The van der Waals surface area contributed by atoms with Gasteiger partial charge in [0, 0.05) is 20.2 Å². The summed E-state index contributed by atoms with van der Waals surface area (Å²) in [6.45, 7) is 3.29. The number of rotatable bonds is 9. The molecule has 1 unspecified atom stereocenters. The lowest BCUT2D eigenvalue weighted by molar-refractivity contribution is 0.122. The average Bonchev–Trinajstić information content (AvgIpc) is 2.45. The second kappa shape index (κ2) is 8.21. The van der Waals surface area contributed by atoms with Crippen LogP contribution < -0.4 is 14.8 Å². The number of likely N-dealkylation sites (N-methyl/N-ethyl adjacent to an activating group) is 1. The first-order valence-electron chi connectivity index (χ1n) is 6.39. The lowest BCUT2D eigenvalue weighted by Gasteiger charge is -2.12. The van der Waals surface area contributed by atoms with Gasteiger partial charge < -0.3 is 14.8 Å². The molecule has 0 bridgehead atoms. The van der Waals surface area contributed by atoms with Crippen LogP contribution in [0.5, 0.6) is 5.75 Å². The van der Waals surface area contributed by atoms with Gasteiger partial charge in [0.15, 0.2) is 0 Å². The molecule has 0 aliphatic rings. The molecule has 0 spiro atoms. The Balaban J connectivity index is 2.62. The molecular weight excluding hydrogens is 280 g/mol. The number of sulfonamides is 1. The summed E-state index contributed by atoms with van der Waals surface area (Å²) in [7, 11) is -0.128. The van der Waals surface area contributed by atoms with Crippen LogP contribution in [0.1, 0.15) is 6.92 Å². The van der Waals surface area contributed by atoms with Crippen LogP contribution in [0.25, 0.3) is 0 Å². The minimum absolute atomic E-state index is 0.172. The maximum atomic E-state index is 12.0. The van der Waals surface area contributed by atoms with Gasteiger partial charge in [0.05, 0.1) is 11.0 Å². The Hall–Kier alpha value is -1.15. The van der Waals surface area contributed by atoms with Gasteiger partial charge in [-0.25, -0.2) is 13.1 Å². The molecule has 0 aliphatic heterocycles. The van der Waals surface area contributed by atoms with Crippen molar-refractivity contribution in [2.75, 3.05) is 33.9 Å². The SMILES string of the molecule is CNCCOc1ccc(S(=O)(=O)NCC(C)OC)cc1. The predicted octanol–water partition coefficient (Wildman–Crippen LogP) is 0.598. The van der Waals surface area contributed by atoms with E-state index in [4.69, 9.17) is 9.47 Å². The Kier molecular flexibility index (Phi) is 6.94. The van der Waals surface area contributed by atoms with E-state index in [1.807, 2.05) is 7.05 Å². The zero-order valence-corrected chi connectivity index (χ0v) is 12.9. The molecule has 7 heteroatoms. The Morgan fingerprint density at radius 3 is 2.45 bits per heavy atom. The van der Waals surface area contributed by atoms with E-state index in [1.165, 1.54) is 19.2 Å². The zero-order valence-electron chi connectivity index (χ0n) is 12.0. The third kappa shape index (κ3) is 5.46. The van der Waals surface area contributed by atoms with Crippen molar-refractivity contribution < 1.29 is 17.9 Å². The molecule has 6 nitrogen and oxygen atoms in total. The molecule has 0 fully saturated rings. The van der Waals surface area contributed by atoms with Crippen LogP contribution in [0.15, 0.2) is 29.2 Å². The van der Waals surface area contributed by atoms with Crippen molar-refractivity contribution in [1.82, 2.24) is 10.0 Å². The summed E-state index contributed by atoms with van der Waals surface area (Å²) in [6, 6.07) is 6.33. The average molecular weight is 302 g/mol. The summed E-state index contributed by atoms with van der Waals surface area (Å²) in [4.78, 5) is 0.210. The largest absolute Gasteiger partial charge is 0.492 e. The van der Waals surface area contributed by atoms with E-state index >= 15 is 0 Å². The van der Waals surface area contributed by atoms with Gasteiger partial charge in [-0.3, -0.25) is 0 Å². The van der Waals surface area contributed by atoms with E-state index in [1.54, 1.807) is 19.1 Å². The van der Waals surface area contributed by atoms with E-state index in [0.29, 0.717) is 12.4 Å². The first-order valence-corrected chi connectivity index (χ1v) is 7.88. The smallest absolute Gasteiger partial charge is 0.240 e. The third-order valence-electron chi connectivity index (χ3n) is 2.72. The summed E-state index contributed by atoms with van der Waals surface area (Å²) >= 11 is 0. The molecule has 114 valence electrons. The van der Waals surface area contributed by atoms with Crippen molar-refractivity contribution in [3.05, 3.63) is 24.3 Å². The third-order valence-corrected chi connectivity index (χ3v) is 4.16. The Labute approximate surface area is 120 Å². The molecule has 1 aromatic carbocycles. The van der Waals surface area contributed by atoms with E-state index in [2.05, 4.69) is 10.0 Å². The molecule has 0 saturated heterocycles. The monoisotopic (exact) mass is 302 g/mol. The highest BCUT2D eigenvalue weighted by atomic mass is 32.2. The van der Waals surface area contributed by atoms with Crippen molar-refractivity contribution in [2.45, 2.75) is 17.9 Å². The first-order chi connectivity index (χ1) is 9.49. The van der Waals surface area contributed by atoms with E-state index in [0.717, 1.165) is 6.54 Å². The fourth-order valence-electron chi connectivity index (χ4n) is 1.38. The number of hydrogen-bond acceptors (Lipinski definition) is 5. The molecule has 20 heavy (non-hydrogen) atoms. The number of benzene rings is 1. The van der Waals surface area contributed by atoms with Gasteiger partial charge in [-0.1, -0.05) is 0 Å². The topological polar surface area (TPSA) is 76.7 Å². The molecule has 0 aliphatic carbocycles. The van der Waals surface area contributed by atoms with Crippen LogP contribution in [0.2, 0.25) is 0 Å². The molecule has 0 heterocycles. The molecule has 1 rings (SSSR count). The number of hydrogen-bond donors (Lipinski definition) is 2. The Morgan fingerprint density at radius 2 is 1.90 bits per heavy atom. The summed E-state index contributed by atoms with van der Waals surface area (Å²) in [5, 5.41) is 2.96. The molecule has 1 aromatic rings. The minimum Gasteiger partial charge on any atom is -0.492 e. The molecule has 0 saturated carbocycles. The maximum absolute atomic E-state index is 12.0.